The van der Waals surface area contributed by atoms with Crippen LogP contribution in [0.4, 0.5) is 10.5 Å². The van der Waals surface area contributed by atoms with Gasteiger partial charge in [-0.3, -0.25) is 0 Å². The van der Waals surface area contributed by atoms with Crippen LogP contribution in [-0.4, -0.2) is 58.1 Å². The number of rotatable bonds is 7. The summed E-state index contributed by atoms with van der Waals surface area (Å²) in [5.41, 5.74) is 0.283. The van der Waals surface area contributed by atoms with Gasteiger partial charge in [0.2, 0.25) is 0 Å². The molecule has 0 saturated heterocycles. The first kappa shape index (κ1) is 21.5. The van der Waals surface area contributed by atoms with E-state index in [2.05, 4.69) is 30.7 Å². The molecule has 12 heteroatoms. The number of nitrogens with zero attached hydrogens (tertiary/aromatic N) is 5. The van der Waals surface area contributed by atoms with Gasteiger partial charge in [-0.05, 0) is 13.0 Å². The molecule has 162 valence electrons. The molecule has 2 N–H and O–H groups in total. The lowest BCUT2D eigenvalue weighted by Crippen LogP contribution is -2.33. The number of nitrogens with one attached hydrogen (secondary N) is 2. The van der Waals surface area contributed by atoms with Crippen LogP contribution >= 0.6 is 0 Å². The summed E-state index contributed by atoms with van der Waals surface area (Å²) in [6.45, 7) is 1.72. The Labute approximate surface area is 177 Å². The second kappa shape index (κ2) is 9.52. The SMILES string of the molecule is COC(=O)c1cc(OC)c(OC)cc1NC(=O)N[C@@H](C)c1ncnn1-c1ncccn1. The number of urea groups is 1. The van der Waals surface area contributed by atoms with E-state index in [1.54, 1.807) is 25.4 Å². The molecule has 2 heterocycles. The number of ether oxygens (including phenoxy) is 3. The van der Waals surface area contributed by atoms with Crippen molar-refractivity contribution in [3.8, 4) is 17.4 Å². The zero-order chi connectivity index (χ0) is 22.4. The summed E-state index contributed by atoms with van der Waals surface area (Å²) in [7, 11) is 4.12. The van der Waals surface area contributed by atoms with Gasteiger partial charge in [0.1, 0.15) is 6.33 Å². The van der Waals surface area contributed by atoms with Crippen LogP contribution in [0.2, 0.25) is 0 Å². The second-order valence-electron chi connectivity index (χ2n) is 6.14. The predicted molar refractivity (Wildman–Crippen MR) is 108 cm³/mol. The van der Waals surface area contributed by atoms with Crippen LogP contribution in [0.5, 0.6) is 11.5 Å². The first-order chi connectivity index (χ1) is 15.0. The van der Waals surface area contributed by atoms with Gasteiger partial charge in [-0.1, -0.05) is 0 Å². The summed E-state index contributed by atoms with van der Waals surface area (Å²) in [5.74, 6) is 0.738. The fraction of sp³-hybridized carbons (Fsp3) is 0.263. The lowest BCUT2D eigenvalue weighted by molar-refractivity contribution is 0.0601. The van der Waals surface area contributed by atoms with Gasteiger partial charge in [-0.2, -0.15) is 9.78 Å². The molecule has 3 rings (SSSR count). The monoisotopic (exact) mass is 427 g/mol. The van der Waals surface area contributed by atoms with Gasteiger partial charge >= 0.3 is 12.0 Å². The summed E-state index contributed by atoms with van der Waals surface area (Å²) >= 11 is 0. The zero-order valence-corrected chi connectivity index (χ0v) is 17.3. The van der Waals surface area contributed by atoms with Crippen molar-refractivity contribution in [2.75, 3.05) is 26.6 Å². The van der Waals surface area contributed by atoms with Crippen LogP contribution in [-0.2, 0) is 4.74 Å². The number of carbonyl (C=O) groups is 2. The molecule has 0 unspecified atom stereocenters. The molecule has 1 atom stereocenters. The third-order valence-corrected chi connectivity index (χ3v) is 4.23. The molecule has 0 fully saturated rings. The number of amides is 2. The Bertz CT molecular complexity index is 1070. The Morgan fingerprint density at radius 3 is 2.35 bits per heavy atom. The molecule has 2 aromatic heterocycles. The van der Waals surface area contributed by atoms with E-state index in [4.69, 9.17) is 14.2 Å². The fourth-order valence-electron chi connectivity index (χ4n) is 2.78. The van der Waals surface area contributed by atoms with Crippen LogP contribution in [0.3, 0.4) is 0 Å². The number of carbonyl (C=O) groups excluding carboxylic acids is 2. The maximum absolute atomic E-state index is 12.6. The van der Waals surface area contributed by atoms with Crippen molar-refractivity contribution in [1.82, 2.24) is 30.0 Å². The number of esters is 1. The molecule has 1 aromatic carbocycles. The highest BCUT2D eigenvalue weighted by molar-refractivity contribution is 6.01. The Morgan fingerprint density at radius 1 is 1.03 bits per heavy atom. The maximum atomic E-state index is 12.6. The lowest BCUT2D eigenvalue weighted by atomic mass is 10.1. The first-order valence-corrected chi connectivity index (χ1v) is 9.07. The number of anilines is 1. The molecular weight excluding hydrogens is 406 g/mol. The number of hydrogen-bond donors (Lipinski definition) is 2. The lowest BCUT2D eigenvalue weighted by Gasteiger charge is -2.17. The molecule has 0 radical (unpaired) electrons. The topological polar surface area (TPSA) is 142 Å². The van der Waals surface area contributed by atoms with Crippen molar-refractivity contribution in [2.45, 2.75) is 13.0 Å². The van der Waals surface area contributed by atoms with Crippen LogP contribution in [0.1, 0.15) is 29.1 Å². The van der Waals surface area contributed by atoms with Gasteiger partial charge in [-0.15, -0.1) is 0 Å². The quantitative estimate of drug-likeness (QED) is 0.539. The molecule has 0 aliphatic rings. The largest absolute Gasteiger partial charge is 0.493 e. The van der Waals surface area contributed by atoms with Crippen molar-refractivity contribution >= 4 is 17.7 Å². The molecule has 0 saturated carbocycles. The Hall–Kier alpha value is -4.22. The fourth-order valence-corrected chi connectivity index (χ4v) is 2.78. The molecule has 0 bridgehead atoms. The molecule has 0 aliphatic carbocycles. The summed E-state index contributed by atoms with van der Waals surface area (Å²) in [6, 6.07) is 3.42. The predicted octanol–water partition coefficient (Wildman–Crippen LogP) is 1.74. The van der Waals surface area contributed by atoms with Gasteiger partial charge in [0, 0.05) is 24.5 Å². The van der Waals surface area contributed by atoms with E-state index in [1.807, 2.05) is 0 Å². The molecule has 2 amide bonds. The number of aromatic nitrogens is 5. The maximum Gasteiger partial charge on any atom is 0.340 e. The van der Waals surface area contributed by atoms with Crippen LogP contribution < -0.4 is 20.1 Å². The summed E-state index contributed by atoms with van der Waals surface area (Å²) in [5, 5.41) is 9.47. The van der Waals surface area contributed by atoms with Gasteiger partial charge in [-0.25, -0.2) is 24.5 Å². The van der Waals surface area contributed by atoms with E-state index in [9.17, 15) is 9.59 Å². The van der Waals surface area contributed by atoms with Crippen molar-refractivity contribution in [2.24, 2.45) is 0 Å². The van der Waals surface area contributed by atoms with Gasteiger partial charge in [0.25, 0.3) is 5.95 Å². The molecule has 12 nitrogen and oxygen atoms in total. The summed E-state index contributed by atoms with van der Waals surface area (Å²) in [6.07, 6.45) is 4.49. The third-order valence-electron chi connectivity index (χ3n) is 4.23. The normalized spacial score (nSPS) is 11.4. The van der Waals surface area contributed by atoms with Crippen molar-refractivity contribution in [3.05, 3.63) is 48.3 Å². The molecule has 31 heavy (non-hydrogen) atoms. The van der Waals surface area contributed by atoms with E-state index in [0.29, 0.717) is 23.3 Å². The smallest absolute Gasteiger partial charge is 0.340 e. The molecule has 3 aromatic rings. The van der Waals surface area contributed by atoms with Gasteiger partial charge < -0.3 is 24.8 Å². The van der Waals surface area contributed by atoms with Crippen LogP contribution in [0.25, 0.3) is 5.95 Å². The third kappa shape index (κ3) is 4.69. The number of hydrogen-bond acceptors (Lipinski definition) is 9. The Morgan fingerprint density at radius 2 is 1.71 bits per heavy atom. The highest BCUT2D eigenvalue weighted by Gasteiger charge is 2.22. The minimum absolute atomic E-state index is 0.101. The van der Waals surface area contributed by atoms with Crippen LogP contribution in [0.15, 0.2) is 36.9 Å². The standard InChI is InChI=1S/C19H21N7O5/c1-11(16-22-10-23-26(16)18-20-6-5-7-21-18)24-19(28)25-13-9-15(30-3)14(29-2)8-12(13)17(27)31-4/h5-11H,1-4H3,(H2,24,25,28)/t11-/m0/s1. The Kier molecular flexibility index (Phi) is 6.60. The highest BCUT2D eigenvalue weighted by atomic mass is 16.5. The molecule has 0 spiro atoms. The second-order valence-corrected chi connectivity index (χ2v) is 6.14. The average molecular weight is 427 g/mol. The van der Waals surface area contributed by atoms with Crippen LogP contribution in [0, 0.1) is 0 Å². The highest BCUT2D eigenvalue weighted by Crippen LogP contribution is 2.33. The van der Waals surface area contributed by atoms with Gasteiger partial charge in [0.05, 0.1) is 38.6 Å². The first-order valence-electron chi connectivity index (χ1n) is 9.07. The minimum Gasteiger partial charge on any atom is -0.493 e. The summed E-state index contributed by atoms with van der Waals surface area (Å²) in [4.78, 5) is 37.3. The van der Waals surface area contributed by atoms with E-state index >= 15 is 0 Å². The zero-order valence-electron chi connectivity index (χ0n) is 17.3. The van der Waals surface area contributed by atoms with E-state index < -0.39 is 18.0 Å². The van der Waals surface area contributed by atoms with Crippen molar-refractivity contribution in [1.29, 1.82) is 0 Å². The van der Waals surface area contributed by atoms with Crippen molar-refractivity contribution in [3.63, 3.8) is 0 Å². The number of methoxy groups -OCH3 is 3. The number of benzene rings is 1. The summed E-state index contributed by atoms with van der Waals surface area (Å²) < 4.78 is 16.7. The molecular formula is C19H21N7O5. The van der Waals surface area contributed by atoms with E-state index in [0.717, 1.165) is 0 Å². The minimum atomic E-state index is -0.648. The molecule has 0 aliphatic heterocycles. The Balaban J connectivity index is 1.81. The average Bonchev–Trinajstić information content (AvgIpc) is 3.29. The van der Waals surface area contributed by atoms with E-state index in [-0.39, 0.29) is 11.3 Å². The van der Waals surface area contributed by atoms with Crippen molar-refractivity contribution < 1.29 is 23.8 Å². The van der Waals surface area contributed by atoms with E-state index in [1.165, 1.54) is 44.5 Å². The van der Waals surface area contributed by atoms with Gasteiger partial charge in [0.15, 0.2) is 17.3 Å².